The van der Waals surface area contributed by atoms with Crippen LogP contribution in [-0.4, -0.2) is 5.88 Å². The highest BCUT2D eigenvalue weighted by molar-refractivity contribution is 6.17. The van der Waals surface area contributed by atoms with Gasteiger partial charge in [0.1, 0.15) is 0 Å². The molecule has 0 N–H and O–H groups in total. The summed E-state index contributed by atoms with van der Waals surface area (Å²) in [5.74, 6) is 0.843. The molecule has 1 aliphatic carbocycles. The molecule has 0 aromatic heterocycles. The Morgan fingerprint density at radius 2 is 1.82 bits per heavy atom. The molecule has 0 aromatic rings. The van der Waals surface area contributed by atoms with Crippen LogP contribution in [-0.2, 0) is 0 Å². The van der Waals surface area contributed by atoms with Crippen LogP contribution < -0.4 is 0 Å². The number of hydrogen-bond donors (Lipinski definition) is 0. The van der Waals surface area contributed by atoms with Crippen molar-refractivity contribution in [3.05, 3.63) is 0 Å². The Morgan fingerprint density at radius 3 is 2.36 bits per heavy atom. The van der Waals surface area contributed by atoms with Gasteiger partial charge in [-0.2, -0.15) is 0 Å². The molecule has 1 aliphatic rings. The van der Waals surface area contributed by atoms with Gasteiger partial charge in [-0.1, -0.05) is 26.2 Å². The van der Waals surface area contributed by atoms with Gasteiger partial charge in [0, 0.05) is 5.88 Å². The Kier molecular flexibility index (Phi) is 3.71. The molecule has 0 saturated heterocycles. The van der Waals surface area contributed by atoms with Gasteiger partial charge in [-0.25, -0.2) is 0 Å². The largest absolute Gasteiger partial charge is 0.127 e. The van der Waals surface area contributed by atoms with E-state index in [0.29, 0.717) is 5.41 Å². The second kappa shape index (κ2) is 4.35. The zero-order chi connectivity index (χ0) is 8.16. The average Bonchev–Trinajstić information content (AvgIpc) is 2.38. The standard InChI is InChI=1S/C10H19Cl/c1-10(6-2-3-7-10)8-4-5-9-11/h2-9H2,1H3. The second-order valence-corrected chi connectivity index (χ2v) is 4.54. The first-order valence-corrected chi connectivity index (χ1v) is 5.36. The molecule has 0 amide bonds. The van der Waals surface area contributed by atoms with Crippen LogP contribution in [0.5, 0.6) is 0 Å². The summed E-state index contributed by atoms with van der Waals surface area (Å²) in [5, 5.41) is 0. The highest BCUT2D eigenvalue weighted by Crippen LogP contribution is 2.41. The van der Waals surface area contributed by atoms with Gasteiger partial charge in [0.2, 0.25) is 0 Å². The molecule has 1 rings (SSSR count). The van der Waals surface area contributed by atoms with Crippen LogP contribution in [0.3, 0.4) is 0 Å². The lowest BCUT2D eigenvalue weighted by atomic mass is 9.83. The van der Waals surface area contributed by atoms with Crippen molar-refractivity contribution >= 4 is 11.6 Å². The van der Waals surface area contributed by atoms with Gasteiger partial charge in [0.15, 0.2) is 0 Å². The molecule has 0 aliphatic heterocycles. The van der Waals surface area contributed by atoms with Crippen LogP contribution in [0.15, 0.2) is 0 Å². The molecule has 0 spiro atoms. The molecule has 11 heavy (non-hydrogen) atoms. The Hall–Kier alpha value is 0.290. The van der Waals surface area contributed by atoms with Crippen molar-refractivity contribution in [2.75, 3.05) is 5.88 Å². The summed E-state index contributed by atoms with van der Waals surface area (Å²) in [6.07, 6.45) is 9.76. The molecule has 66 valence electrons. The van der Waals surface area contributed by atoms with Crippen molar-refractivity contribution in [3.8, 4) is 0 Å². The van der Waals surface area contributed by atoms with Crippen molar-refractivity contribution in [2.45, 2.75) is 51.9 Å². The topological polar surface area (TPSA) is 0 Å². The molecule has 1 saturated carbocycles. The van der Waals surface area contributed by atoms with Crippen LogP contribution in [0.1, 0.15) is 51.9 Å². The summed E-state index contributed by atoms with van der Waals surface area (Å²) in [7, 11) is 0. The molecule has 0 aromatic carbocycles. The number of rotatable bonds is 4. The highest BCUT2D eigenvalue weighted by atomic mass is 35.5. The Morgan fingerprint density at radius 1 is 1.18 bits per heavy atom. The van der Waals surface area contributed by atoms with Crippen LogP contribution in [0.2, 0.25) is 0 Å². The lowest BCUT2D eigenvalue weighted by Crippen LogP contribution is -2.10. The van der Waals surface area contributed by atoms with E-state index in [-0.39, 0.29) is 0 Å². The maximum Gasteiger partial charge on any atom is 0.0223 e. The molecular formula is C10H19Cl. The van der Waals surface area contributed by atoms with Gasteiger partial charge < -0.3 is 0 Å². The number of hydrogen-bond acceptors (Lipinski definition) is 0. The Balaban J connectivity index is 2.13. The van der Waals surface area contributed by atoms with Crippen LogP contribution >= 0.6 is 11.6 Å². The molecule has 0 unspecified atom stereocenters. The Bertz CT molecular complexity index is 103. The minimum atomic E-state index is 0.687. The van der Waals surface area contributed by atoms with Gasteiger partial charge in [-0.05, 0) is 31.1 Å². The lowest BCUT2D eigenvalue weighted by molar-refractivity contribution is 0.298. The number of alkyl halides is 1. The SMILES string of the molecule is CC1(CCCCCl)CCCC1. The van der Waals surface area contributed by atoms with Crippen LogP contribution in [0.4, 0.5) is 0 Å². The maximum absolute atomic E-state index is 5.63. The summed E-state index contributed by atoms with van der Waals surface area (Å²) in [6, 6.07) is 0. The summed E-state index contributed by atoms with van der Waals surface area (Å²) in [5.41, 5.74) is 0.687. The highest BCUT2D eigenvalue weighted by Gasteiger charge is 2.27. The van der Waals surface area contributed by atoms with Crippen LogP contribution in [0, 0.1) is 5.41 Å². The molecule has 1 heteroatoms. The summed E-state index contributed by atoms with van der Waals surface area (Å²) >= 11 is 5.63. The predicted molar refractivity (Wildman–Crippen MR) is 51.1 cm³/mol. The lowest BCUT2D eigenvalue weighted by Gasteiger charge is -2.22. The molecule has 1 fully saturated rings. The van der Waals surface area contributed by atoms with Gasteiger partial charge in [0.25, 0.3) is 0 Å². The fraction of sp³-hybridized carbons (Fsp3) is 1.00. The van der Waals surface area contributed by atoms with Gasteiger partial charge in [0.05, 0.1) is 0 Å². The molecular weight excluding hydrogens is 156 g/mol. The van der Waals surface area contributed by atoms with E-state index in [9.17, 15) is 0 Å². The van der Waals surface area contributed by atoms with E-state index in [2.05, 4.69) is 6.92 Å². The second-order valence-electron chi connectivity index (χ2n) is 4.16. The molecule has 0 heterocycles. The third-order valence-corrected chi connectivity index (χ3v) is 3.24. The molecule has 0 nitrogen and oxygen atoms in total. The molecule has 0 atom stereocenters. The normalized spacial score (nSPS) is 22.4. The fourth-order valence-electron chi connectivity index (χ4n) is 2.12. The van der Waals surface area contributed by atoms with E-state index in [4.69, 9.17) is 11.6 Å². The third-order valence-electron chi connectivity index (χ3n) is 2.97. The van der Waals surface area contributed by atoms with E-state index < -0.39 is 0 Å². The fourth-order valence-corrected chi connectivity index (χ4v) is 2.31. The van der Waals surface area contributed by atoms with Crippen molar-refractivity contribution in [3.63, 3.8) is 0 Å². The van der Waals surface area contributed by atoms with Crippen LogP contribution in [0.25, 0.3) is 0 Å². The Labute approximate surface area is 75.3 Å². The quantitative estimate of drug-likeness (QED) is 0.447. The van der Waals surface area contributed by atoms with Gasteiger partial charge in [-0.3, -0.25) is 0 Å². The summed E-state index contributed by atoms with van der Waals surface area (Å²) in [4.78, 5) is 0. The van der Waals surface area contributed by atoms with Gasteiger partial charge >= 0.3 is 0 Å². The zero-order valence-corrected chi connectivity index (χ0v) is 8.29. The summed E-state index contributed by atoms with van der Waals surface area (Å²) < 4.78 is 0. The molecule has 0 radical (unpaired) electrons. The smallest absolute Gasteiger partial charge is 0.0223 e. The van der Waals surface area contributed by atoms with Crippen molar-refractivity contribution in [1.29, 1.82) is 0 Å². The minimum absolute atomic E-state index is 0.687. The van der Waals surface area contributed by atoms with Crippen molar-refractivity contribution in [1.82, 2.24) is 0 Å². The zero-order valence-electron chi connectivity index (χ0n) is 7.53. The van der Waals surface area contributed by atoms with E-state index in [0.717, 1.165) is 5.88 Å². The maximum atomic E-state index is 5.63. The van der Waals surface area contributed by atoms with E-state index in [1.807, 2.05) is 0 Å². The first-order valence-electron chi connectivity index (χ1n) is 4.83. The van der Waals surface area contributed by atoms with E-state index >= 15 is 0 Å². The van der Waals surface area contributed by atoms with Gasteiger partial charge in [-0.15, -0.1) is 11.6 Å². The number of unbranched alkanes of at least 4 members (excludes halogenated alkanes) is 1. The van der Waals surface area contributed by atoms with Crippen molar-refractivity contribution < 1.29 is 0 Å². The number of halogens is 1. The van der Waals surface area contributed by atoms with E-state index in [1.54, 1.807) is 0 Å². The predicted octanol–water partition coefficient (Wildman–Crippen LogP) is 3.98. The molecule has 0 bridgehead atoms. The minimum Gasteiger partial charge on any atom is -0.127 e. The average molecular weight is 175 g/mol. The first-order chi connectivity index (χ1) is 5.27. The first kappa shape index (κ1) is 9.38. The monoisotopic (exact) mass is 174 g/mol. The third kappa shape index (κ3) is 3.02. The summed E-state index contributed by atoms with van der Waals surface area (Å²) in [6.45, 7) is 2.44. The van der Waals surface area contributed by atoms with E-state index in [1.165, 1.54) is 44.9 Å². The van der Waals surface area contributed by atoms with Crippen molar-refractivity contribution in [2.24, 2.45) is 5.41 Å².